The van der Waals surface area contributed by atoms with Crippen LogP contribution in [0.3, 0.4) is 0 Å². The second-order valence-electron chi connectivity index (χ2n) is 4.12. The summed E-state index contributed by atoms with van der Waals surface area (Å²) in [7, 11) is 2.93. The molecular formula is C9H12N4O3. The molecule has 2 heterocycles. The first-order valence-corrected chi connectivity index (χ1v) is 4.75. The minimum Gasteiger partial charge on any atom is -0.365 e. The van der Waals surface area contributed by atoms with Crippen molar-refractivity contribution in [3.05, 3.63) is 31.7 Å². The molecule has 0 unspecified atom stereocenters. The number of hydrogen-bond donors (Lipinski definition) is 0. The van der Waals surface area contributed by atoms with Gasteiger partial charge in [-0.05, 0) is 13.8 Å². The van der Waals surface area contributed by atoms with Crippen LogP contribution in [0.25, 0.3) is 0 Å². The van der Waals surface area contributed by atoms with Gasteiger partial charge in [0.25, 0.3) is 5.56 Å². The maximum atomic E-state index is 11.7. The molecule has 0 N–H and O–H groups in total. The summed E-state index contributed by atoms with van der Waals surface area (Å²) in [6.07, 6.45) is 0. The van der Waals surface area contributed by atoms with Gasteiger partial charge < -0.3 is 4.84 Å². The van der Waals surface area contributed by atoms with E-state index in [2.05, 4.69) is 10.1 Å². The number of rotatable bonds is 0. The van der Waals surface area contributed by atoms with Crippen molar-refractivity contribution in [2.45, 2.75) is 19.6 Å². The van der Waals surface area contributed by atoms with E-state index >= 15 is 0 Å². The summed E-state index contributed by atoms with van der Waals surface area (Å²) in [5, 5.41) is 3.78. The molecule has 7 nitrogen and oxygen atoms in total. The number of hydrogen-bond acceptors (Lipinski definition) is 5. The Labute approximate surface area is 90.3 Å². The zero-order valence-electron chi connectivity index (χ0n) is 9.51. The topological polar surface area (TPSA) is 78.0 Å². The van der Waals surface area contributed by atoms with E-state index in [9.17, 15) is 9.59 Å². The highest BCUT2D eigenvalue weighted by atomic mass is 16.7. The lowest BCUT2D eigenvalue weighted by molar-refractivity contribution is -0.0262. The lowest BCUT2D eigenvalue weighted by atomic mass is 10.3. The molecule has 1 aromatic rings. The predicted molar refractivity (Wildman–Crippen MR) is 54.4 cm³/mol. The molecule has 0 fully saturated rings. The fourth-order valence-corrected chi connectivity index (χ4v) is 1.46. The van der Waals surface area contributed by atoms with Gasteiger partial charge >= 0.3 is 5.69 Å². The first-order valence-electron chi connectivity index (χ1n) is 4.75. The van der Waals surface area contributed by atoms with Crippen molar-refractivity contribution in [3.8, 4) is 0 Å². The third-order valence-electron chi connectivity index (χ3n) is 2.35. The van der Waals surface area contributed by atoms with Crippen LogP contribution in [0.2, 0.25) is 0 Å². The highest BCUT2D eigenvalue weighted by Crippen LogP contribution is 2.09. The summed E-state index contributed by atoms with van der Waals surface area (Å²) < 4.78 is 2.25. The van der Waals surface area contributed by atoms with Crippen molar-refractivity contribution in [3.63, 3.8) is 0 Å². The van der Waals surface area contributed by atoms with Crippen molar-refractivity contribution in [2.24, 2.45) is 24.2 Å². The minimum atomic E-state index is -0.858. The van der Waals surface area contributed by atoms with Gasteiger partial charge in [-0.15, -0.1) is 0 Å². The standard InChI is InChI=1S/C9H12N4O3/c1-9(2)10-6-5(11-16-9)7(14)13(4)8(15)12(6)3/h1-4H3. The van der Waals surface area contributed by atoms with Gasteiger partial charge in [0.1, 0.15) is 0 Å². The Kier molecular flexibility index (Phi) is 2.01. The Balaban J connectivity index is 3.08. The van der Waals surface area contributed by atoms with Gasteiger partial charge in [-0.3, -0.25) is 13.9 Å². The second-order valence-corrected chi connectivity index (χ2v) is 4.12. The van der Waals surface area contributed by atoms with Crippen molar-refractivity contribution in [2.75, 3.05) is 0 Å². The molecule has 0 spiro atoms. The quantitative estimate of drug-likeness (QED) is 0.511. The smallest absolute Gasteiger partial charge is 0.332 e. The third-order valence-corrected chi connectivity index (χ3v) is 2.35. The van der Waals surface area contributed by atoms with Crippen LogP contribution in [-0.4, -0.2) is 14.9 Å². The van der Waals surface area contributed by atoms with Gasteiger partial charge in [0, 0.05) is 14.1 Å². The van der Waals surface area contributed by atoms with Crippen LogP contribution < -0.4 is 22.1 Å². The third kappa shape index (κ3) is 1.36. The molecule has 0 saturated carbocycles. The molecule has 0 radical (unpaired) electrons. The summed E-state index contributed by atoms with van der Waals surface area (Å²) in [6, 6.07) is 0. The Morgan fingerprint density at radius 1 is 1.19 bits per heavy atom. The zero-order chi connectivity index (χ0) is 12.1. The molecular weight excluding hydrogens is 212 g/mol. The zero-order valence-corrected chi connectivity index (χ0v) is 9.51. The van der Waals surface area contributed by atoms with Gasteiger partial charge in [-0.1, -0.05) is 5.16 Å². The van der Waals surface area contributed by atoms with E-state index in [-0.39, 0.29) is 10.8 Å². The number of nitrogens with zero attached hydrogens (tertiary/aromatic N) is 4. The second kappa shape index (κ2) is 3.03. The van der Waals surface area contributed by atoms with E-state index in [0.717, 1.165) is 4.57 Å². The molecule has 0 amide bonds. The average molecular weight is 224 g/mol. The molecule has 1 aromatic heterocycles. The SMILES string of the molecule is Cn1c(=O)c2c(n(C)c1=O)=NC(C)(C)ON=2. The van der Waals surface area contributed by atoms with Crippen LogP contribution in [-0.2, 0) is 18.9 Å². The van der Waals surface area contributed by atoms with Crippen molar-refractivity contribution in [1.82, 2.24) is 9.13 Å². The van der Waals surface area contributed by atoms with E-state index in [1.165, 1.54) is 11.6 Å². The summed E-state index contributed by atoms with van der Waals surface area (Å²) >= 11 is 0. The monoisotopic (exact) mass is 224 g/mol. The van der Waals surface area contributed by atoms with Crippen LogP contribution in [0.15, 0.2) is 19.7 Å². The molecule has 0 atom stereocenters. The van der Waals surface area contributed by atoms with E-state index in [1.54, 1.807) is 20.9 Å². The van der Waals surface area contributed by atoms with Crippen LogP contribution in [0, 0.1) is 0 Å². The van der Waals surface area contributed by atoms with Gasteiger partial charge in [0.2, 0.25) is 11.1 Å². The van der Waals surface area contributed by atoms with E-state index in [1.807, 2.05) is 0 Å². The number of aromatic nitrogens is 2. The Morgan fingerprint density at radius 3 is 2.44 bits per heavy atom. The lowest BCUT2D eigenvalue weighted by Crippen LogP contribution is -2.59. The highest BCUT2D eigenvalue weighted by molar-refractivity contribution is 4.89. The van der Waals surface area contributed by atoms with Crippen molar-refractivity contribution >= 4 is 0 Å². The van der Waals surface area contributed by atoms with Crippen LogP contribution in [0.5, 0.6) is 0 Å². The Morgan fingerprint density at radius 2 is 1.81 bits per heavy atom. The van der Waals surface area contributed by atoms with Gasteiger partial charge in [0.05, 0.1) is 0 Å². The van der Waals surface area contributed by atoms with Gasteiger partial charge in [-0.25, -0.2) is 9.79 Å². The predicted octanol–water partition coefficient (Wildman–Crippen LogP) is -2.00. The van der Waals surface area contributed by atoms with Crippen molar-refractivity contribution < 1.29 is 4.84 Å². The fraction of sp³-hybridized carbons (Fsp3) is 0.556. The van der Waals surface area contributed by atoms with Crippen LogP contribution in [0.4, 0.5) is 0 Å². The normalized spacial score (nSPS) is 16.8. The summed E-state index contributed by atoms with van der Waals surface area (Å²) in [6.45, 7) is 3.39. The first-order chi connectivity index (χ1) is 7.33. The molecule has 0 bridgehead atoms. The van der Waals surface area contributed by atoms with Crippen LogP contribution in [0.1, 0.15) is 13.8 Å². The molecule has 16 heavy (non-hydrogen) atoms. The summed E-state index contributed by atoms with van der Waals surface area (Å²) in [5.41, 5.74) is -1.54. The summed E-state index contributed by atoms with van der Waals surface area (Å²) in [4.78, 5) is 32.6. The molecule has 2 rings (SSSR count). The molecule has 0 saturated heterocycles. The molecule has 86 valence electrons. The maximum absolute atomic E-state index is 11.7. The Bertz CT molecular complexity index is 680. The van der Waals surface area contributed by atoms with E-state index in [4.69, 9.17) is 4.84 Å². The molecule has 1 aliphatic heterocycles. The number of fused-ring (bicyclic) bond motifs is 1. The summed E-state index contributed by atoms with van der Waals surface area (Å²) in [5.74, 6) is 0. The average Bonchev–Trinajstić information content (AvgIpc) is 2.22. The lowest BCUT2D eigenvalue weighted by Gasteiger charge is -2.20. The fourth-order valence-electron chi connectivity index (χ4n) is 1.46. The molecule has 0 aliphatic carbocycles. The van der Waals surface area contributed by atoms with E-state index in [0.29, 0.717) is 0 Å². The molecule has 0 aromatic carbocycles. The molecule has 7 heteroatoms. The first kappa shape index (κ1) is 10.6. The van der Waals surface area contributed by atoms with Gasteiger partial charge in [0.15, 0.2) is 5.49 Å². The van der Waals surface area contributed by atoms with Gasteiger partial charge in [-0.2, -0.15) is 0 Å². The Hall–Kier alpha value is -1.92. The highest BCUT2D eigenvalue weighted by Gasteiger charge is 2.23. The minimum absolute atomic E-state index is 0.0592. The molecule has 1 aliphatic rings. The van der Waals surface area contributed by atoms with Crippen LogP contribution >= 0.6 is 0 Å². The maximum Gasteiger partial charge on any atom is 0.332 e. The van der Waals surface area contributed by atoms with E-state index < -0.39 is 17.0 Å². The van der Waals surface area contributed by atoms with Crippen molar-refractivity contribution in [1.29, 1.82) is 0 Å². The largest absolute Gasteiger partial charge is 0.365 e.